The Labute approximate surface area is 176 Å². The minimum atomic E-state index is -4.44. The second kappa shape index (κ2) is 7.47. The Hall–Kier alpha value is -3.80. The number of pyridine rings is 1. The fourth-order valence-electron chi connectivity index (χ4n) is 3.53. The van der Waals surface area contributed by atoms with Crippen molar-refractivity contribution in [2.45, 2.75) is 26.1 Å². The molecule has 0 aliphatic carbocycles. The number of alkyl halides is 3. The minimum absolute atomic E-state index is 0.0559. The van der Waals surface area contributed by atoms with E-state index in [1.807, 2.05) is 6.92 Å². The molecule has 0 radical (unpaired) electrons. The SMILES string of the molecule is Cc1cc(N2C[C@H](C)n3ncc(C#Cc4ccc(N)nc4)c3C2=O)ccc1C(F)(F)F. The van der Waals surface area contributed by atoms with Crippen LogP contribution in [0, 0.1) is 18.8 Å². The van der Waals surface area contributed by atoms with Gasteiger partial charge in [0.1, 0.15) is 11.5 Å². The van der Waals surface area contributed by atoms with Crippen LogP contribution in [0.4, 0.5) is 24.7 Å². The van der Waals surface area contributed by atoms with E-state index < -0.39 is 11.7 Å². The van der Waals surface area contributed by atoms with Crippen molar-refractivity contribution in [3.8, 4) is 11.8 Å². The number of rotatable bonds is 1. The summed E-state index contributed by atoms with van der Waals surface area (Å²) < 4.78 is 40.9. The molecule has 0 unspecified atom stereocenters. The first-order valence-corrected chi connectivity index (χ1v) is 9.46. The lowest BCUT2D eigenvalue weighted by Gasteiger charge is -2.32. The van der Waals surface area contributed by atoms with Crippen molar-refractivity contribution in [2.75, 3.05) is 17.2 Å². The highest BCUT2D eigenvalue weighted by Gasteiger charge is 2.35. The first-order valence-electron chi connectivity index (χ1n) is 9.46. The molecule has 0 saturated heterocycles. The van der Waals surface area contributed by atoms with E-state index in [1.54, 1.807) is 16.8 Å². The van der Waals surface area contributed by atoms with Crippen LogP contribution in [0.25, 0.3) is 0 Å². The first-order chi connectivity index (χ1) is 14.6. The Kier molecular flexibility index (Phi) is 4.93. The number of amides is 1. The van der Waals surface area contributed by atoms with Crippen LogP contribution in [-0.4, -0.2) is 27.2 Å². The smallest absolute Gasteiger partial charge is 0.384 e. The van der Waals surface area contributed by atoms with Gasteiger partial charge in [0, 0.05) is 24.0 Å². The number of hydrogen-bond acceptors (Lipinski definition) is 4. The Morgan fingerprint density at radius 3 is 2.58 bits per heavy atom. The van der Waals surface area contributed by atoms with Crippen molar-refractivity contribution in [3.05, 3.63) is 70.7 Å². The number of aromatic nitrogens is 3. The van der Waals surface area contributed by atoms with Gasteiger partial charge in [-0.15, -0.1) is 0 Å². The molecule has 1 aromatic carbocycles. The number of carbonyl (C=O) groups excluding carboxylic acids is 1. The summed E-state index contributed by atoms with van der Waals surface area (Å²) in [5.74, 6) is 5.88. The Morgan fingerprint density at radius 2 is 1.94 bits per heavy atom. The zero-order valence-electron chi connectivity index (χ0n) is 16.7. The van der Waals surface area contributed by atoms with E-state index in [0.717, 1.165) is 6.07 Å². The number of fused-ring (bicyclic) bond motifs is 1. The molecule has 0 bridgehead atoms. The number of nitrogen functional groups attached to an aromatic ring is 1. The quantitative estimate of drug-likeness (QED) is 0.602. The van der Waals surface area contributed by atoms with E-state index in [-0.39, 0.29) is 24.1 Å². The summed E-state index contributed by atoms with van der Waals surface area (Å²) in [7, 11) is 0. The van der Waals surface area contributed by atoms with Crippen LogP contribution in [0.15, 0.2) is 42.7 Å². The van der Waals surface area contributed by atoms with Gasteiger partial charge in [-0.2, -0.15) is 18.3 Å². The highest BCUT2D eigenvalue weighted by atomic mass is 19.4. The Morgan fingerprint density at radius 1 is 1.16 bits per heavy atom. The maximum Gasteiger partial charge on any atom is 0.416 e. The number of aryl methyl sites for hydroxylation is 1. The zero-order valence-corrected chi connectivity index (χ0v) is 16.7. The van der Waals surface area contributed by atoms with Crippen LogP contribution in [0.3, 0.4) is 0 Å². The normalized spacial score (nSPS) is 16.0. The van der Waals surface area contributed by atoms with Gasteiger partial charge < -0.3 is 10.6 Å². The molecule has 0 saturated carbocycles. The van der Waals surface area contributed by atoms with Crippen molar-refractivity contribution in [1.29, 1.82) is 0 Å². The summed E-state index contributed by atoms with van der Waals surface area (Å²) in [6.07, 6.45) is -1.40. The third-order valence-corrected chi connectivity index (χ3v) is 5.06. The van der Waals surface area contributed by atoms with E-state index >= 15 is 0 Å². The van der Waals surface area contributed by atoms with Crippen molar-refractivity contribution >= 4 is 17.4 Å². The van der Waals surface area contributed by atoms with Crippen molar-refractivity contribution in [3.63, 3.8) is 0 Å². The molecule has 1 atom stereocenters. The molecule has 2 N–H and O–H groups in total. The maximum atomic E-state index is 13.2. The van der Waals surface area contributed by atoms with Crippen LogP contribution in [0.1, 0.15) is 45.7 Å². The highest BCUT2D eigenvalue weighted by molar-refractivity contribution is 6.07. The predicted molar refractivity (Wildman–Crippen MR) is 109 cm³/mol. The van der Waals surface area contributed by atoms with E-state index in [2.05, 4.69) is 21.9 Å². The molecular weight excluding hydrogens is 407 g/mol. The first kappa shape index (κ1) is 20.5. The average molecular weight is 425 g/mol. The summed E-state index contributed by atoms with van der Waals surface area (Å²) >= 11 is 0. The van der Waals surface area contributed by atoms with E-state index in [0.29, 0.717) is 28.3 Å². The summed E-state index contributed by atoms with van der Waals surface area (Å²) in [5.41, 5.74) is 6.66. The number of hydrogen-bond donors (Lipinski definition) is 1. The lowest BCUT2D eigenvalue weighted by Crippen LogP contribution is -2.43. The molecule has 0 spiro atoms. The molecule has 1 aliphatic rings. The van der Waals surface area contributed by atoms with Crippen LogP contribution in [0.2, 0.25) is 0 Å². The van der Waals surface area contributed by atoms with Crippen molar-refractivity contribution in [2.24, 2.45) is 0 Å². The number of anilines is 2. The molecular formula is C22H18F3N5O. The third-order valence-electron chi connectivity index (χ3n) is 5.06. The molecule has 3 heterocycles. The number of benzene rings is 1. The Bertz CT molecular complexity index is 1220. The molecule has 4 rings (SSSR count). The molecule has 31 heavy (non-hydrogen) atoms. The van der Waals surface area contributed by atoms with Crippen LogP contribution >= 0.6 is 0 Å². The zero-order chi connectivity index (χ0) is 22.3. The third kappa shape index (κ3) is 3.84. The molecule has 2 aromatic heterocycles. The van der Waals surface area contributed by atoms with Crippen LogP contribution in [0.5, 0.6) is 0 Å². The fourth-order valence-corrected chi connectivity index (χ4v) is 3.53. The van der Waals surface area contributed by atoms with Crippen LogP contribution < -0.4 is 10.6 Å². The summed E-state index contributed by atoms with van der Waals surface area (Å²) in [6, 6.07) is 6.86. The largest absolute Gasteiger partial charge is 0.416 e. The average Bonchev–Trinajstić information content (AvgIpc) is 3.14. The Balaban J connectivity index is 1.70. The van der Waals surface area contributed by atoms with Gasteiger partial charge in [0.05, 0.1) is 23.4 Å². The molecule has 158 valence electrons. The number of nitrogens with two attached hydrogens (primary N) is 1. The van der Waals surface area contributed by atoms with Gasteiger partial charge in [-0.25, -0.2) is 4.98 Å². The molecule has 0 fully saturated rings. The second-order valence-electron chi connectivity index (χ2n) is 7.33. The van der Waals surface area contributed by atoms with Gasteiger partial charge in [-0.05, 0) is 49.7 Å². The maximum absolute atomic E-state index is 13.2. The monoisotopic (exact) mass is 425 g/mol. The van der Waals surface area contributed by atoms with E-state index in [4.69, 9.17) is 5.73 Å². The topological polar surface area (TPSA) is 77.0 Å². The number of nitrogens with zero attached hydrogens (tertiary/aromatic N) is 4. The van der Waals surface area contributed by atoms with E-state index in [9.17, 15) is 18.0 Å². The van der Waals surface area contributed by atoms with Gasteiger partial charge >= 0.3 is 6.18 Å². The van der Waals surface area contributed by atoms with E-state index in [1.165, 1.54) is 36.4 Å². The number of halogens is 3. The molecule has 1 aliphatic heterocycles. The standard InChI is InChI=1S/C22H18F3N5O/c1-13-9-17(6-7-18(13)22(23,24)25)29-12-14(2)30-20(21(29)31)16(11-28-30)5-3-15-4-8-19(26)27-10-15/h4,6-11,14H,12H2,1-2H3,(H2,26,27)/t14-/m0/s1. The molecule has 1 amide bonds. The molecule has 9 heteroatoms. The molecule has 3 aromatic rings. The van der Waals surface area contributed by atoms with Crippen molar-refractivity contribution < 1.29 is 18.0 Å². The van der Waals surface area contributed by atoms with Crippen LogP contribution in [-0.2, 0) is 6.18 Å². The second-order valence-corrected chi connectivity index (χ2v) is 7.33. The summed E-state index contributed by atoms with van der Waals surface area (Å²) in [4.78, 5) is 18.7. The lowest BCUT2D eigenvalue weighted by atomic mass is 10.0. The predicted octanol–water partition coefficient (Wildman–Crippen LogP) is 3.81. The molecule has 6 nitrogen and oxygen atoms in total. The van der Waals surface area contributed by atoms with Gasteiger partial charge in [0.2, 0.25) is 0 Å². The lowest BCUT2D eigenvalue weighted by molar-refractivity contribution is -0.138. The minimum Gasteiger partial charge on any atom is -0.384 e. The summed E-state index contributed by atoms with van der Waals surface area (Å²) in [6.45, 7) is 3.55. The van der Waals surface area contributed by atoms with Gasteiger partial charge in [-0.3, -0.25) is 9.48 Å². The van der Waals surface area contributed by atoms with Gasteiger partial charge in [-0.1, -0.05) is 11.8 Å². The van der Waals surface area contributed by atoms with Gasteiger partial charge in [0.25, 0.3) is 5.91 Å². The number of carbonyl (C=O) groups is 1. The van der Waals surface area contributed by atoms with Gasteiger partial charge in [0.15, 0.2) is 0 Å². The fraction of sp³-hybridized carbons (Fsp3) is 0.227. The van der Waals surface area contributed by atoms with Crippen molar-refractivity contribution in [1.82, 2.24) is 14.8 Å². The highest BCUT2D eigenvalue weighted by Crippen LogP contribution is 2.35. The summed E-state index contributed by atoms with van der Waals surface area (Å²) in [5, 5.41) is 4.29.